The second-order valence-electron chi connectivity index (χ2n) is 4.78. The molecule has 0 unspecified atom stereocenters. The van der Waals surface area contributed by atoms with E-state index in [1.165, 1.54) is 11.8 Å². The number of hydrogen-bond acceptors (Lipinski definition) is 3. The Morgan fingerprint density at radius 3 is 3.00 bits per heavy atom. The summed E-state index contributed by atoms with van der Waals surface area (Å²) in [5, 5.41) is 5.92. The lowest BCUT2D eigenvalue weighted by Crippen LogP contribution is -2.35. The lowest BCUT2D eigenvalue weighted by atomic mass is 10.2. The first kappa shape index (κ1) is 12.8. The molecule has 1 aliphatic carbocycles. The van der Waals surface area contributed by atoms with Crippen LogP contribution in [-0.2, 0) is 9.59 Å². The predicted molar refractivity (Wildman–Crippen MR) is 75.5 cm³/mol. The SMILES string of the molecule is O=C(C[C@@H]1Sc2ccc(Cl)cc2NC1=O)NC1CC1. The Morgan fingerprint density at radius 1 is 1.47 bits per heavy atom. The highest BCUT2D eigenvalue weighted by Gasteiger charge is 2.31. The smallest absolute Gasteiger partial charge is 0.238 e. The standard InChI is InChI=1S/C13H13ClN2O2S/c14-7-1-4-10-9(5-7)16-13(18)11(19-10)6-12(17)15-8-2-3-8/h1,4-5,8,11H,2-3,6H2,(H,15,17)(H,16,18)/t11-/m0/s1. The summed E-state index contributed by atoms with van der Waals surface area (Å²) in [5.74, 6) is -0.182. The zero-order valence-corrected chi connectivity index (χ0v) is 11.7. The van der Waals surface area contributed by atoms with E-state index in [1.54, 1.807) is 12.1 Å². The van der Waals surface area contributed by atoms with Crippen LogP contribution in [0.2, 0.25) is 5.02 Å². The van der Waals surface area contributed by atoms with Crippen LogP contribution >= 0.6 is 23.4 Å². The molecule has 2 aliphatic rings. The second-order valence-corrected chi connectivity index (χ2v) is 6.46. The number of rotatable bonds is 3. The number of carbonyl (C=O) groups is 2. The van der Waals surface area contributed by atoms with Crippen molar-refractivity contribution in [2.45, 2.75) is 35.4 Å². The highest BCUT2D eigenvalue weighted by atomic mass is 35.5. The van der Waals surface area contributed by atoms with Gasteiger partial charge in [-0.3, -0.25) is 9.59 Å². The van der Waals surface area contributed by atoms with Crippen LogP contribution in [-0.4, -0.2) is 23.1 Å². The molecule has 1 aromatic rings. The Morgan fingerprint density at radius 2 is 2.26 bits per heavy atom. The van der Waals surface area contributed by atoms with E-state index in [-0.39, 0.29) is 23.5 Å². The van der Waals surface area contributed by atoms with Gasteiger partial charge in [0.25, 0.3) is 0 Å². The first-order chi connectivity index (χ1) is 9.11. The van der Waals surface area contributed by atoms with Gasteiger partial charge in [-0.05, 0) is 31.0 Å². The highest BCUT2D eigenvalue weighted by molar-refractivity contribution is 8.01. The Bertz CT molecular complexity index is 545. The van der Waals surface area contributed by atoms with Gasteiger partial charge in [-0.2, -0.15) is 0 Å². The number of anilines is 1. The van der Waals surface area contributed by atoms with E-state index in [1.807, 2.05) is 6.07 Å². The largest absolute Gasteiger partial charge is 0.353 e. The fourth-order valence-corrected chi connectivity index (χ4v) is 3.20. The summed E-state index contributed by atoms with van der Waals surface area (Å²) in [7, 11) is 0. The summed E-state index contributed by atoms with van der Waals surface area (Å²) >= 11 is 7.30. The zero-order chi connectivity index (χ0) is 13.4. The molecule has 19 heavy (non-hydrogen) atoms. The summed E-state index contributed by atoms with van der Waals surface area (Å²) in [6.45, 7) is 0. The van der Waals surface area contributed by atoms with Gasteiger partial charge < -0.3 is 10.6 Å². The van der Waals surface area contributed by atoms with Gasteiger partial charge in [0, 0.05) is 22.4 Å². The molecule has 2 N–H and O–H groups in total. The maximum atomic E-state index is 12.0. The van der Waals surface area contributed by atoms with Crippen LogP contribution in [0.3, 0.4) is 0 Å². The van der Waals surface area contributed by atoms with Gasteiger partial charge in [-0.15, -0.1) is 11.8 Å². The molecular weight excluding hydrogens is 284 g/mol. The molecule has 0 bridgehead atoms. The Hall–Kier alpha value is -1.20. The predicted octanol–water partition coefficient (Wildman–Crippen LogP) is 2.42. The van der Waals surface area contributed by atoms with E-state index in [0.29, 0.717) is 11.1 Å². The third kappa shape index (κ3) is 3.04. The first-order valence-electron chi connectivity index (χ1n) is 6.18. The van der Waals surface area contributed by atoms with Gasteiger partial charge in [-0.25, -0.2) is 0 Å². The molecule has 1 fully saturated rings. The minimum absolute atomic E-state index is 0.0486. The number of carbonyl (C=O) groups excluding carboxylic acids is 2. The van der Waals surface area contributed by atoms with Crippen molar-refractivity contribution in [2.75, 3.05) is 5.32 Å². The fourth-order valence-electron chi connectivity index (χ4n) is 1.94. The number of thioether (sulfide) groups is 1. The molecule has 1 heterocycles. The van der Waals surface area contributed by atoms with Crippen molar-refractivity contribution in [3.8, 4) is 0 Å². The van der Waals surface area contributed by atoms with Gasteiger partial charge in [0.05, 0.1) is 10.9 Å². The Balaban J connectivity index is 1.68. The Kier molecular flexibility index (Phi) is 3.41. The Labute approximate surface area is 120 Å². The summed E-state index contributed by atoms with van der Waals surface area (Å²) in [4.78, 5) is 24.7. The van der Waals surface area contributed by atoms with Crippen LogP contribution in [0.25, 0.3) is 0 Å². The average molecular weight is 297 g/mol. The van der Waals surface area contributed by atoms with E-state index < -0.39 is 0 Å². The van der Waals surface area contributed by atoms with E-state index in [2.05, 4.69) is 10.6 Å². The van der Waals surface area contributed by atoms with E-state index >= 15 is 0 Å². The molecule has 1 atom stereocenters. The number of nitrogens with one attached hydrogen (secondary N) is 2. The molecule has 1 saturated carbocycles. The van der Waals surface area contributed by atoms with Crippen molar-refractivity contribution in [3.63, 3.8) is 0 Å². The monoisotopic (exact) mass is 296 g/mol. The van der Waals surface area contributed by atoms with Gasteiger partial charge in [0.15, 0.2) is 0 Å². The summed E-state index contributed by atoms with van der Waals surface area (Å²) in [6.07, 6.45) is 2.32. The lowest BCUT2D eigenvalue weighted by molar-refractivity contribution is -0.124. The minimum atomic E-state index is -0.368. The average Bonchev–Trinajstić information content (AvgIpc) is 3.14. The highest BCUT2D eigenvalue weighted by Crippen LogP contribution is 2.38. The molecule has 100 valence electrons. The molecule has 6 heteroatoms. The van der Waals surface area contributed by atoms with E-state index in [9.17, 15) is 9.59 Å². The maximum Gasteiger partial charge on any atom is 0.238 e. The second kappa shape index (κ2) is 5.06. The molecule has 3 rings (SSSR count). The minimum Gasteiger partial charge on any atom is -0.353 e. The topological polar surface area (TPSA) is 58.2 Å². The van der Waals surface area contributed by atoms with Gasteiger partial charge >= 0.3 is 0 Å². The number of halogens is 1. The number of fused-ring (bicyclic) bond motifs is 1. The quantitative estimate of drug-likeness (QED) is 0.900. The lowest BCUT2D eigenvalue weighted by Gasteiger charge is -2.23. The molecule has 0 radical (unpaired) electrons. The fraction of sp³-hybridized carbons (Fsp3) is 0.385. The maximum absolute atomic E-state index is 12.0. The molecule has 1 aliphatic heterocycles. The van der Waals surface area contributed by atoms with Gasteiger partial charge in [-0.1, -0.05) is 11.6 Å². The first-order valence-corrected chi connectivity index (χ1v) is 7.44. The molecular formula is C13H13ClN2O2S. The van der Waals surface area contributed by atoms with Crippen molar-refractivity contribution in [3.05, 3.63) is 23.2 Å². The van der Waals surface area contributed by atoms with Gasteiger partial charge in [0.1, 0.15) is 0 Å². The van der Waals surface area contributed by atoms with Crippen molar-refractivity contribution in [1.29, 1.82) is 0 Å². The molecule has 2 amide bonds. The summed E-state index contributed by atoms with van der Waals surface area (Å²) in [5.41, 5.74) is 0.723. The van der Waals surface area contributed by atoms with Crippen molar-refractivity contribution < 1.29 is 9.59 Å². The van der Waals surface area contributed by atoms with Crippen LogP contribution in [0.5, 0.6) is 0 Å². The van der Waals surface area contributed by atoms with E-state index in [0.717, 1.165) is 23.4 Å². The van der Waals surface area contributed by atoms with Crippen LogP contribution in [0.1, 0.15) is 19.3 Å². The van der Waals surface area contributed by atoms with Crippen LogP contribution in [0.4, 0.5) is 5.69 Å². The summed E-state index contributed by atoms with van der Waals surface area (Å²) in [6, 6.07) is 5.71. The molecule has 0 aromatic heterocycles. The van der Waals surface area contributed by atoms with Crippen LogP contribution in [0.15, 0.2) is 23.1 Å². The third-order valence-corrected chi connectivity index (χ3v) is 4.58. The van der Waals surface area contributed by atoms with Crippen molar-refractivity contribution >= 4 is 40.9 Å². The van der Waals surface area contributed by atoms with Crippen molar-refractivity contribution in [2.24, 2.45) is 0 Å². The summed E-state index contributed by atoms with van der Waals surface area (Å²) < 4.78 is 0. The zero-order valence-electron chi connectivity index (χ0n) is 10.1. The third-order valence-electron chi connectivity index (χ3n) is 3.07. The molecule has 1 aromatic carbocycles. The van der Waals surface area contributed by atoms with Crippen molar-refractivity contribution in [1.82, 2.24) is 5.32 Å². The van der Waals surface area contributed by atoms with Crippen LogP contribution in [0, 0.1) is 0 Å². The normalized spacial score (nSPS) is 21.5. The molecule has 0 saturated heterocycles. The van der Waals surface area contributed by atoms with E-state index in [4.69, 9.17) is 11.6 Å². The molecule has 4 nitrogen and oxygen atoms in total. The molecule has 0 spiro atoms. The number of benzene rings is 1. The van der Waals surface area contributed by atoms with Gasteiger partial charge in [0.2, 0.25) is 11.8 Å². The number of amides is 2. The van der Waals surface area contributed by atoms with Crippen LogP contribution < -0.4 is 10.6 Å². The number of hydrogen-bond donors (Lipinski definition) is 2.